The molecule has 2 N–H and O–H groups in total. The van der Waals surface area contributed by atoms with E-state index in [9.17, 15) is 4.79 Å². The third-order valence-electron chi connectivity index (χ3n) is 1.97. The number of carboxylic acids is 1. The summed E-state index contributed by atoms with van der Waals surface area (Å²) in [4.78, 5) is 15.7. The molecule has 1 heterocycles. The second-order valence-electron chi connectivity index (χ2n) is 2.94. The summed E-state index contributed by atoms with van der Waals surface area (Å²) in [5, 5.41) is 8.67. The number of carboxylic acid groups (broad SMARTS) is 1. The highest BCUT2D eigenvalue weighted by atomic mass is 16.7. The van der Waals surface area contributed by atoms with Gasteiger partial charge in [-0.2, -0.15) is 0 Å². The Morgan fingerprint density at radius 1 is 1.36 bits per heavy atom. The van der Waals surface area contributed by atoms with Crippen LogP contribution in [-0.4, -0.2) is 11.1 Å². The molecule has 14 heavy (non-hydrogen) atoms. The van der Waals surface area contributed by atoms with Crippen LogP contribution in [0.4, 0.5) is 0 Å². The molecule has 0 amide bonds. The summed E-state index contributed by atoms with van der Waals surface area (Å²) in [6, 6.07) is 9.42. The molecule has 0 unspecified atom stereocenters. The lowest BCUT2D eigenvalue weighted by atomic mass is 10.1. The van der Waals surface area contributed by atoms with Crippen LogP contribution in [-0.2, 0) is 9.63 Å². The molecule has 4 heteroatoms. The monoisotopic (exact) mass is 191 g/mol. The summed E-state index contributed by atoms with van der Waals surface area (Å²) in [5.41, 5.74) is 3.38. The lowest BCUT2D eigenvalue weighted by Gasteiger charge is -2.06. The highest BCUT2D eigenvalue weighted by Crippen LogP contribution is 2.23. The SMILES string of the molecule is O=C(O)C1=C[C@H](c2ccccc2)ON1. The second-order valence-corrected chi connectivity index (χ2v) is 2.94. The van der Waals surface area contributed by atoms with Crippen LogP contribution in [0.5, 0.6) is 0 Å². The number of carbonyl (C=O) groups is 1. The van der Waals surface area contributed by atoms with E-state index in [0.717, 1.165) is 5.56 Å². The zero-order valence-corrected chi connectivity index (χ0v) is 7.31. The van der Waals surface area contributed by atoms with E-state index in [0.29, 0.717) is 0 Å². The second kappa shape index (κ2) is 3.51. The van der Waals surface area contributed by atoms with Gasteiger partial charge in [0.1, 0.15) is 11.8 Å². The molecule has 1 aliphatic heterocycles. The van der Waals surface area contributed by atoms with E-state index in [4.69, 9.17) is 9.94 Å². The maximum atomic E-state index is 10.6. The molecule has 1 aliphatic rings. The summed E-state index contributed by atoms with van der Waals surface area (Å²) < 4.78 is 0. The molecule has 1 atom stereocenters. The highest BCUT2D eigenvalue weighted by Gasteiger charge is 2.21. The zero-order chi connectivity index (χ0) is 9.97. The molecule has 0 aromatic heterocycles. The van der Waals surface area contributed by atoms with E-state index < -0.39 is 5.97 Å². The van der Waals surface area contributed by atoms with Gasteiger partial charge in [0.15, 0.2) is 0 Å². The van der Waals surface area contributed by atoms with Crippen molar-refractivity contribution in [1.82, 2.24) is 5.48 Å². The van der Waals surface area contributed by atoms with Crippen molar-refractivity contribution in [3.8, 4) is 0 Å². The van der Waals surface area contributed by atoms with Gasteiger partial charge in [0.05, 0.1) is 0 Å². The molecule has 0 saturated carbocycles. The largest absolute Gasteiger partial charge is 0.477 e. The number of hydrogen-bond donors (Lipinski definition) is 2. The van der Waals surface area contributed by atoms with Gasteiger partial charge in [-0.1, -0.05) is 30.3 Å². The summed E-state index contributed by atoms with van der Waals surface area (Å²) in [6.45, 7) is 0. The third-order valence-corrected chi connectivity index (χ3v) is 1.97. The molecule has 4 nitrogen and oxygen atoms in total. The molecule has 0 bridgehead atoms. The van der Waals surface area contributed by atoms with Crippen LogP contribution < -0.4 is 5.48 Å². The van der Waals surface area contributed by atoms with Crippen molar-refractivity contribution in [3.63, 3.8) is 0 Å². The normalized spacial score (nSPS) is 20.0. The Balaban J connectivity index is 2.20. The van der Waals surface area contributed by atoms with Crippen molar-refractivity contribution in [2.24, 2.45) is 0 Å². The fourth-order valence-corrected chi connectivity index (χ4v) is 1.27. The summed E-state index contributed by atoms with van der Waals surface area (Å²) in [5.74, 6) is -1.01. The van der Waals surface area contributed by atoms with Gasteiger partial charge >= 0.3 is 5.97 Å². The Morgan fingerprint density at radius 3 is 2.64 bits per heavy atom. The van der Waals surface area contributed by atoms with Gasteiger partial charge in [0, 0.05) is 0 Å². The number of hydroxylamine groups is 1. The van der Waals surface area contributed by atoms with Gasteiger partial charge in [0.25, 0.3) is 0 Å². The van der Waals surface area contributed by atoms with E-state index in [1.807, 2.05) is 30.3 Å². The molecule has 0 spiro atoms. The van der Waals surface area contributed by atoms with E-state index >= 15 is 0 Å². The van der Waals surface area contributed by atoms with Crippen molar-refractivity contribution in [3.05, 3.63) is 47.7 Å². The molecule has 2 rings (SSSR count). The van der Waals surface area contributed by atoms with Crippen LogP contribution >= 0.6 is 0 Å². The summed E-state index contributed by atoms with van der Waals surface area (Å²) >= 11 is 0. The quantitative estimate of drug-likeness (QED) is 0.738. The number of rotatable bonds is 2. The fraction of sp³-hybridized carbons (Fsp3) is 0.100. The topological polar surface area (TPSA) is 58.6 Å². The molecule has 0 aliphatic carbocycles. The Hall–Kier alpha value is -1.81. The summed E-state index contributed by atoms with van der Waals surface area (Å²) in [6.07, 6.45) is 1.22. The van der Waals surface area contributed by atoms with Gasteiger partial charge in [-0.25, -0.2) is 4.79 Å². The maximum Gasteiger partial charge on any atom is 0.354 e. The first-order valence-electron chi connectivity index (χ1n) is 4.19. The van der Waals surface area contributed by atoms with Crippen molar-refractivity contribution >= 4 is 5.97 Å². The van der Waals surface area contributed by atoms with Crippen LogP contribution in [0.25, 0.3) is 0 Å². The van der Waals surface area contributed by atoms with Gasteiger partial charge < -0.3 is 5.11 Å². The lowest BCUT2D eigenvalue weighted by Crippen LogP contribution is -2.14. The fourth-order valence-electron chi connectivity index (χ4n) is 1.27. The van der Waals surface area contributed by atoms with E-state index in [-0.39, 0.29) is 11.8 Å². The number of hydrogen-bond acceptors (Lipinski definition) is 3. The standard InChI is InChI=1S/C10H9NO3/c12-10(13)8-6-9(14-11-8)7-4-2-1-3-5-7/h1-6,9,11H,(H,12,13)/t9-/m1/s1. The predicted octanol–water partition coefficient (Wildman–Crippen LogP) is 1.23. The van der Waals surface area contributed by atoms with Crippen molar-refractivity contribution in [1.29, 1.82) is 0 Å². The molecule has 1 aromatic carbocycles. The third kappa shape index (κ3) is 1.60. The van der Waals surface area contributed by atoms with Gasteiger partial charge in [-0.15, -0.1) is 0 Å². The maximum absolute atomic E-state index is 10.6. The van der Waals surface area contributed by atoms with Gasteiger partial charge in [0.2, 0.25) is 0 Å². The number of aliphatic carboxylic acids is 1. The molecule has 0 saturated heterocycles. The molecule has 0 fully saturated rings. The average molecular weight is 191 g/mol. The first-order chi connectivity index (χ1) is 6.77. The smallest absolute Gasteiger partial charge is 0.354 e. The Bertz CT molecular complexity index is 372. The van der Waals surface area contributed by atoms with Crippen LogP contribution in [0, 0.1) is 0 Å². The number of benzene rings is 1. The Labute approximate surface area is 80.8 Å². The van der Waals surface area contributed by atoms with Crippen LogP contribution in [0.2, 0.25) is 0 Å². The summed E-state index contributed by atoms with van der Waals surface area (Å²) in [7, 11) is 0. The Kier molecular flexibility index (Phi) is 2.20. The van der Waals surface area contributed by atoms with E-state index in [2.05, 4.69) is 5.48 Å². The van der Waals surface area contributed by atoms with E-state index in [1.54, 1.807) is 0 Å². The molecule has 0 radical (unpaired) electrons. The average Bonchev–Trinajstić information content (AvgIpc) is 2.68. The minimum absolute atomic E-state index is 0.0823. The van der Waals surface area contributed by atoms with Crippen molar-refractivity contribution < 1.29 is 14.7 Å². The van der Waals surface area contributed by atoms with Crippen molar-refractivity contribution in [2.75, 3.05) is 0 Å². The highest BCUT2D eigenvalue weighted by molar-refractivity contribution is 5.86. The lowest BCUT2D eigenvalue weighted by molar-refractivity contribution is -0.134. The molecule has 72 valence electrons. The molecular weight excluding hydrogens is 182 g/mol. The minimum atomic E-state index is -1.01. The predicted molar refractivity (Wildman–Crippen MR) is 49.1 cm³/mol. The minimum Gasteiger partial charge on any atom is -0.477 e. The first-order valence-corrected chi connectivity index (χ1v) is 4.19. The molecular formula is C10H9NO3. The van der Waals surface area contributed by atoms with Crippen LogP contribution in [0.3, 0.4) is 0 Å². The van der Waals surface area contributed by atoms with Crippen LogP contribution in [0.1, 0.15) is 11.7 Å². The van der Waals surface area contributed by atoms with Gasteiger partial charge in [-0.05, 0) is 11.6 Å². The zero-order valence-electron chi connectivity index (χ0n) is 7.31. The van der Waals surface area contributed by atoms with Crippen LogP contribution in [0.15, 0.2) is 42.1 Å². The Morgan fingerprint density at radius 2 is 2.07 bits per heavy atom. The first kappa shape index (κ1) is 8.77. The van der Waals surface area contributed by atoms with E-state index in [1.165, 1.54) is 6.08 Å². The van der Waals surface area contributed by atoms with Crippen molar-refractivity contribution in [2.45, 2.75) is 6.10 Å². The number of nitrogens with one attached hydrogen (secondary N) is 1. The molecule has 1 aromatic rings. The van der Waals surface area contributed by atoms with Gasteiger partial charge in [-0.3, -0.25) is 10.3 Å².